The van der Waals surface area contributed by atoms with Crippen molar-refractivity contribution in [3.05, 3.63) is 35.4 Å². The Morgan fingerprint density at radius 3 is 1.86 bits per heavy atom. The summed E-state index contributed by atoms with van der Waals surface area (Å²) in [6.07, 6.45) is 0. The molecular weight excluding hydrogens is 182 g/mol. The molecule has 0 atom stereocenters. The number of nitrogen functional groups attached to an aromatic ring is 1. The molecule has 5 heteroatoms. The highest BCUT2D eigenvalue weighted by molar-refractivity contribution is 5.97. The van der Waals surface area contributed by atoms with Crippen LogP contribution in [0.4, 0.5) is 0 Å². The lowest BCUT2D eigenvalue weighted by Crippen LogP contribution is -2.30. The third-order valence-electron chi connectivity index (χ3n) is 1.77. The van der Waals surface area contributed by atoms with Gasteiger partial charge in [0.1, 0.15) is 0 Å². The highest BCUT2D eigenvalue weighted by Gasteiger charge is 2.05. The van der Waals surface area contributed by atoms with Gasteiger partial charge in [0.15, 0.2) is 0 Å². The third kappa shape index (κ3) is 2.08. The minimum atomic E-state index is -0.381. The molecule has 0 saturated carbocycles. The van der Waals surface area contributed by atoms with Crippen LogP contribution < -0.4 is 16.6 Å². The Morgan fingerprint density at radius 2 is 1.50 bits per heavy atom. The first-order valence-electron chi connectivity index (χ1n) is 4.02. The Balaban J connectivity index is 2.89. The summed E-state index contributed by atoms with van der Waals surface area (Å²) >= 11 is 0. The van der Waals surface area contributed by atoms with Gasteiger partial charge in [0.05, 0.1) is 0 Å². The number of rotatable bonds is 2. The van der Waals surface area contributed by atoms with Crippen molar-refractivity contribution < 1.29 is 9.59 Å². The van der Waals surface area contributed by atoms with E-state index < -0.39 is 0 Å². The number of hydrogen-bond donors (Lipinski definition) is 3. The Kier molecular flexibility index (Phi) is 3.19. The molecule has 0 aliphatic heterocycles. The van der Waals surface area contributed by atoms with Crippen LogP contribution in [0.5, 0.6) is 0 Å². The van der Waals surface area contributed by atoms with E-state index in [4.69, 9.17) is 5.84 Å². The van der Waals surface area contributed by atoms with Gasteiger partial charge in [0.25, 0.3) is 11.8 Å². The maximum Gasteiger partial charge on any atom is 0.265 e. The fraction of sp³-hybridized carbons (Fsp3) is 0.111. The van der Waals surface area contributed by atoms with Crippen LogP contribution in [0.1, 0.15) is 20.7 Å². The van der Waals surface area contributed by atoms with Crippen LogP contribution in [0.2, 0.25) is 0 Å². The van der Waals surface area contributed by atoms with E-state index in [2.05, 4.69) is 5.32 Å². The van der Waals surface area contributed by atoms with Crippen LogP contribution in [-0.2, 0) is 0 Å². The molecule has 0 aliphatic carbocycles. The van der Waals surface area contributed by atoms with Crippen molar-refractivity contribution in [1.29, 1.82) is 0 Å². The Morgan fingerprint density at radius 1 is 1.07 bits per heavy atom. The topological polar surface area (TPSA) is 84.2 Å². The van der Waals surface area contributed by atoms with Crippen molar-refractivity contribution in [2.75, 3.05) is 7.05 Å². The SMILES string of the molecule is CNC(=O)c1ccc(C(=O)NN)cc1. The second kappa shape index (κ2) is 4.38. The second-order valence-corrected chi connectivity index (χ2v) is 2.63. The Bertz CT molecular complexity index is 311. The van der Waals surface area contributed by atoms with Gasteiger partial charge in [-0.15, -0.1) is 0 Å². The summed E-state index contributed by atoms with van der Waals surface area (Å²) in [5.74, 6) is 4.38. The first-order valence-corrected chi connectivity index (χ1v) is 4.02. The van der Waals surface area contributed by atoms with E-state index >= 15 is 0 Å². The number of hydrazine groups is 1. The number of carbonyl (C=O) groups excluding carboxylic acids is 2. The predicted octanol–water partition coefficient (Wildman–Crippen LogP) is -0.350. The van der Waals surface area contributed by atoms with E-state index in [-0.39, 0.29) is 11.8 Å². The molecule has 1 aromatic carbocycles. The summed E-state index contributed by atoms with van der Waals surface area (Å²) in [6, 6.07) is 6.19. The lowest BCUT2D eigenvalue weighted by molar-refractivity contribution is 0.0945. The zero-order chi connectivity index (χ0) is 10.6. The molecule has 0 radical (unpaired) electrons. The van der Waals surface area contributed by atoms with Crippen LogP contribution >= 0.6 is 0 Å². The van der Waals surface area contributed by atoms with Crippen LogP contribution in [0, 0.1) is 0 Å². The van der Waals surface area contributed by atoms with Crippen LogP contribution in [0.25, 0.3) is 0 Å². The molecule has 0 spiro atoms. The highest BCUT2D eigenvalue weighted by atomic mass is 16.2. The van der Waals surface area contributed by atoms with Crippen LogP contribution in [0.15, 0.2) is 24.3 Å². The molecule has 4 N–H and O–H groups in total. The van der Waals surface area contributed by atoms with E-state index in [0.717, 1.165) is 0 Å². The van der Waals surface area contributed by atoms with Gasteiger partial charge in [0.2, 0.25) is 0 Å². The van der Waals surface area contributed by atoms with Gasteiger partial charge in [-0.2, -0.15) is 0 Å². The van der Waals surface area contributed by atoms with Gasteiger partial charge in [-0.25, -0.2) is 5.84 Å². The maximum absolute atomic E-state index is 11.1. The van der Waals surface area contributed by atoms with Gasteiger partial charge < -0.3 is 5.32 Å². The summed E-state index contributed by atoms with van der Waals surface area (Å²) in [6.45, 7) is 0. The zero-order valence-electron chi connectivity index (χ0n) is 7.70. The standard InChI is InChI=1S/C9H11N3O2/c1-11-8(13)6-2-4-7(5-3-6)9(14)12-10/h2-5H,10H2,1H3,(H,11,13)(H,12,14). The van der Waals surface area contributed by atoms with Crippen molar-refractivity contribution in [2.24, 2.45) is 5.84 Å². The first kappa shape index (κ1) is 10.2. The van der Waals surface area contributed by atoms with E-state index in [1.54, 1.807) is 19.2 Å². The molecule has 5 nitrogen and oxygen atoms in total. The average molecular weight is 193 g/mol. The summed E-state index contributed by atoms with van der Waals surface area (Å²) in [4.78, 5) is 22.2. The summed E-state index contributed by atoms with van der Waals surface area (Å²) in [5, 5.41) is 2.48. The zero-order valence-corrected chi connectivity index (χ0v) is 7.70. The van der Waals surface area contributed by atoms with Crippen LogP contribution in [-0.4, -0.2) is 18.9 Å². The minimum Gasteiger partial charge on any atom is -0.355 e. The van der Waals surface area contributed by atoms with Gasteiger partial charge in [-0.1, -0.05) is 0 Å². The molecule has 0 unspecified atom stereocenters. The second-order valence-electron chi connectivity index (χ2n) is 2.63. The molecule has 1 aromatic rings. The molecule has 0 heterocycles. The lowest BCUT2D eigenvalue weighted by Gasteiger charge is -2.01. The minimum absolute atomic E-state index is 0.190. The molecule has 2 amide bonds. The summed E-state index contributed by atoms with van der Waals surface area (Å²) in [7, 11) is 1.54. The molecule has 14 heavy (non-hydrogen) atoms. The Labute approximate surface area is 81.3 Å². The molecular formula is C9H11N3O2. The van der Waals surface area contributed by atoms with Gasteiger partial charge in [0, 0.05) is 18.2 Å². The van der Waals surface area contributed by atoms with E-state index in [9.17, 15) is 9.59 Å². The van der Waals surface area contributed by atoms with Crippen molar-refractivity contribution in [2.45, 2.75) is 0 Å². The van der Waals surface area contributed by atoms with Crippen molar-refractivity contribution in [3.63, 3.8) is 0 Å². The molecule has 0 aromatic heterocycles. The van der Waals surface area contributed by atoms with Crippen molar-refractivity contribution >= 4 is 11.8 Å². The summed E-state index contributed by atoms with van der Waals surface area (Å²) in [5.41, 5.74) is 2.92. The molecule has 0 bridgehead atoms. The number of benzene rings is 1. The fourth-order valence-electron chi connectivity index (χ4n) is 1.00. The van der Waals surface area contributed by atoms with Gasteiger partial charge >= 0.3 is 0 Å². The van der Waals surface area contributed by atoms with Crippen LogP contribution in [0.3, 0.4) is 0 Å². The predicted molar refractivity (Wildman–Crippen MR) is 51.5 cm³/mol. The Hall–Kier alpha value is -1.88. The first-order chi connectivity index (χ1) is 6.69. The van der Waals surface area contributed by atoms with E-state index in [0.29, 0.717) is 11.1 Å². The number of nitrogens with one attached hydrogen (secondary N) is 2. The average Bonchev–Trinajstić information content (AvgIpc) is 2.27. The van der Waals surface area contributed by atoms with Crippen molar-refractivity contribution in [3.8, 4) is 0 Å². The molecule has 0 fully saturated rings. The smallest absolute Gasteiger partial charge is 0.265 e. The van der Waals surface area contributed by atoms with Gasteiger partial charge in [-0.05, 0) is 24.3 Å². The number of nitrogens with two attached hydrogens (primary N) is 1. The fourth-order valence-corrected chi connectivity index (χ4v) is 1.00. The normalized spacial score (nSPS) is 9.29. The number of carbonyl (C=O) groups is 2. The highest BCUT2D eigenvalue weighted by Crippen LogP contribution is 2.03. The van der Waals surface area contributed by atoms with Crippen molar-refractivity contribution in [1.82, 2.24) is 10.7 Å². The number of hydrogen-bond acceptors (Lipinski definition) is 3. The van der Waals surface area contributed by atoms with Gasteiger partial charge in [-0.3, -0.25) is 15.0 Å². The molecule has 0 aliphatic rings. The monoisotopic (exact) mass is 193 g/mol. The quantitative estimate of drug-likeness (QED) is 0.341. The lowest BCUT2D eigenvalue weighted by atomic mass is 10.1. The molecule has 0 saturated heterocycles. The molecule has 74 valence electrons. The largest absolute Gasteiger partial charge is 0.355 e. The third-order valence-corrected chi connectivity index (χ3v) is 1.77. The number of amides is 2. The van der Waals surface area contributed by atoms with E-state index in [1.165, 1.54) is 12.1 Å². The van der Waals surface area contributed by atoms with E-state index in [1.807, 2.05) is 5.43 Å². The summed E-state index contributed by atoms with van der Waals surface area (Å²) < 4.78 is 0. The molecule has 1 rings (SSSR count). The maximum atomic E-state index is 11.1.